The number of benzene rings is 1. The summed E-state index contributed by atoms with van der Waals surface area (Å²) >= 11 is 5.71. The predicted octanol–water partition coefficient (Wildman–Crippen LogP) is 3.00. The van der Waals surface area contributed by atoms with Crippen molar-refractivity contribution >= 4 is 23.2 Å². The maximum atomic E-state index is 11.9. The Morgan fingerprint density at radius 2 is 2.11 bits per heavy atom. The average Bonchev–Trinajstić information content (AvgIpc) is 2.34. The number of aryl methyl sites for hydroxylation is 1. The number of rotatable bonds is 2. The molecule has 0 aliphatic rings. The van der Waals surface area contributed by atoms with E-state index in [-0.39, 0.29) is 16.8 Å². The van der Waals surface area contributed by atoms with Gasteiger partial charge in [0.25, 0.3) is 5.91 Å². The molecule has 92 valence electrons. The van der Waals surface area contributed by atoms with Gasteiger partial charge in [0.15, 0.2) is 0 Å². The highest BCUT2D eigenvalue weighted by atomic mass is 35.5. The second kappa shape index (κ2) is 5.06. The number of hydrogen-bond acceptors (Lipinski definition) is 3. The Bertz CT molecular complexity index is 599. The minimum atomic E-state index is -0.347. The summed E-state index contributed by atoms with van der Waals surface area (Å²) in [7, 11) is 0. The number of nitrogens with zero attached hydrogens (tertiary/aromatic N) is 1. The molecule has 2 aromatic rings. The molecule has 0 atom stereocenters. The van der Waals surface area contributed by atoms with Gasteiger partial charge in [-0.15, -0.1) is 0 Å². The van der Waals surface area contributed by atoms with Gasteiger partial charge in [0.1, 0.15) is 10.9 Å². The standard InChI is InChI=1S/C13H11ClN2O2/c1-8-2-3-11(17)10(6-8)16-13(18)9-4-5-15-12(14)7-9/h2-7,17H,1H3,(H,16,18). The van der Waals surface area contributed by atoms with E-state index < -0.39 is 0 Å². The van der Waals surface area contributed by atoms with Crippen molar-refractivity contribution in [3.8, 4) is 5.75 Å². The van der Waals surface area contributed by atoms with E-state index in [1.54, 1.807) is 18.2 Å². The lowest BCUT2D eigenvalue weighted by Crippen LogP contribution is -2.12. The SMILES string of the molecule is Cc1ccc(O)c(NC(=O)c2ccnc(Cl)c2)c1. The van der Waals surface area contributed by atoms with Crippen molar-refractivity contribution in [2.24, 2.45) is 0 Å². The molecule has 1 amide bonds. The van der Waals surface area contributed by atoms with Gasteiger partial charge < -0.3 is 10.4 Å². The fourth-order valence-electron chi connectivity index (χ4n) is 1.49. The highest BCUT2D eigenvalue weighted by Crippen LogP contribution is 2.24. The quantitative estimate of drug-likeness (QED) is 0.646. The van der Waals surface area contributed by atoms with Gasteiger partial charge in [-0.05, 0) is 36.8 Å². The van der Waals surface area contributed by atoms with Gasteiger partial charge in [-0.3, -0.25) is 4.79 Å². The molecular weight excluding hydrogens is 252 g/mol. The summed E-state index contributed by atoms with van der Waals surface area (Å²) < 4.78 is 0. The first kappa shape index (κ1) is 12.4. The zero-order valence-electron chi connectivity index (χ0n) is 9.64. The monoisotopic (exact) mass is 262 g/mol. The van der Waals surface area contributed by atoms with E-state index in [4.69, 9.17) is 11.6 Å². The summed E-state index contributed by atoms with van der Waals surface area (Å²) in [6.07, 6.45) is 1.45. The summed E-state index contributed by atoms with van der Waals surface area (Å²) in [5, 5.41) is 12.5. The average molecular weight is 263 g/mol. The Kier molecular flexibility index (Phi) is 3.48. The molecule has 5 heteroatoms. The van der Waals surface area contributed by atoms with Crippen LogP contribution < -0.4 is 5.32 Å². The molecular formula is C13H11ClN2O2. The summed E-state index contributed by atoms with van der Waals surface area (Å²) in [6, 6.07) is 7.99. The number of aromatic hydroxyl groups is 1. The van der Waals surface area contributed by atoms with Crippen molar-refractivity contribution in [3.63, 3.8) is 0 Å². The molecule has 2 N–H and O–H groups in total. The molecule has 0 radical (unpaired) electrons. The number of anilines is 1. The molecule has 1 heterocycles. The summed E-state index contributed by atoms with van der Waals surface area (Å²) in [5.74, 6) is -0.325. The Labute approximate surface area is 109 Å². The van der Waals surface area contributed by atoms with Gasteiger partial charge in [0.05, 0.1) is 5.69 Å². The van der Waals surface area contributed by atoms with Crippen LogP contribution in [0.4, 0.5) is 5.69 Å². The Morgan fingerprint density at radius 1 is 1.33 bits per heavy atom. The number of nitrogens with one attached hydrogen (secondary N) is 1. The zero-order valence-corrected chi connectivity index (χ0v) is 10.4. The van der Waals surface area contributed by atoms with E-state index >= 15 is 0 Å². The second-order valence-corrected chi connectivity index (χ2v) is 4.23. The molecule has 0 spiro atoms. The minimum absolute atomic E-state index is 0.0223. The van der Waals surface area contributed by atoms with Crippen LogP contribution in [-0.4, -0.2) is 16.0 Å². The van der Waals surface area contributed by atoms with Crippen LogP contribution in [0.1, 0.15) is 15.9 Å². The minimum Gasteiger partial charge on any atom is -0.506 e. The summed E-state index contributed by atoms with van der Waals surface area (Å²) in [4.78, 5) is 15.7. The number of carbonyl (C=O) groups excluding carboxylic acids is 1. The Hall–Kier alpha value is -2.07. The van der Waals surface area contributed by atoms with Crippen LogP contribution in [0, 0.1) is 6.92 Å². The summed E-state index contributed by atoms with van der Waals surface area (Å²) in [5.41, 5.74) is 1.69. The number of carbonyl (C=O) groups is 1. The van der Waals surface area contributed by atoms with Crippen LogP contribution in [0.15, 0.2) is 36.5 Å². The first-order valence-electron chi connectivity index (χ1n) is 5.29. The zero-order chi connectivity index (χ0) is 13.1. The normalized spacial score (nSPS) is 10.1. The van der Waals surface area contributed by atoms with Crippen LogP contribution in [0.25, 0.3) is 0 Å². The van der Waals surface area contributed by atoms with Gasteiger partial charge in [-0.1, -0.05) is 17.7 Å². The lowest BCUT2D eigenvalue weighted by atomic mass is 10.2. The lowest BCUT2D eigenvalue weighted by molar-refractivity contribution is 0.102. The third kappa shape index (κ3) is 2.78. The van der Waals surface area contributed by atoms with Crippen LogP contribution in [-0.2, 0) is 0 Å². The molecule has 0 fully saturated rings. The molecule has 0 saturated heterocycles. The van der Waals surface area contributed by atoms with Crippen molar-refractivity contribution in [1.29, 1.82) is 0 Å². The molecule has 4 nitrogen and oxygen atoms in total. The van der Waals surface area contributed by atoms with E-state index in [1.807, 2.05) is 6.92 Å². The highest BCUT2D eigenvalue weighted by molar-refractivity contribution is 6.29. The maximum absolute atomic E-state index is 11.9. The fourth-order valence-corrected chi connectivity index (χ4v) is 1.66. The van der Waals surface area contributed by atoms with E-state index in [0.29, 0.717) is 11.3 Å². The van der Waals surface area contributed by atoms with Gasteiger partial charge in [-0.2, -0.15) is 0 Å². The number of phenols is 1. The van der Waals surface area contributed by atoms with E-state index in [0.717, 1.165) is 5.56 Å². The lowest BCUT2D eigenvalue weighted by Gasteiger charge is -2.08. The first-order valence-corrected chi connectivity index (χ1v) is 5.66. The number of phenolic OH excluding ortho intramolecular Hbond substituents is 1. The molecule has 0 bridgehead atoms. The van der Waals surface area contributed by atoms with Crippen molar-refractivity contribution in [2.75, 3.05) is 5.32 Å². The number of aromatic nitrogens is 1. The largest absolute Gasteiger partial charge is 0.506 e. The van der Waals surface area contributed by atoms with Crippen molar-refractivity contribution in [3.05, 3.63) is 52.8 Å². The molecule has 2 rings (SSSR count). The number of amides is 1. The molecule has 18 heavy (non-hydrogen) atoms. The Morgan fingerprint density at radius 3 is 2.83 bits per heavy atom. The van der Waals surface area contributed by atoms with Gasteiger partial charge in [0, 0.05) is 11.8 Å². The molecule has 0 aliphatic carbocycles. The third-order valence-electron chi connectivity index (χ3n) is 2.39. The van der Waals surface area contributed by atoms with Gasteiger partial charge in [0.2, 0.25) is 0 Å². The Balaban J connectivity index is 2.24. The molecule has 0 saturated carbocycles. The first-order chi connectivity index (χ1) is 8.56. The topological polar surface area (TPSA) is 62.2 Å². The number of pyridine rings is 1. The second-order valence-electron chi connectivity index (χ2n) is 3.84. The molecule has 1 aromatic carbocycles. The highest BCUT2D eigenvalue weighted by Gasteiger charge is 2.09. The van der Waals surface area contributed by atoms with E-state index in [2.05, 4.69) is 10.3 Å². The predicted molar refractivity (Wildman–Crippen MR) is 70.0 cm³/mol. The van der Waals surface area contributed by atoms with Gasteiger partial charge >= 0.3 is 0 Å². The smallest absolute Gasteiger partial charge is 0.255 e. The maximum Gasteiger partial charge on any atom is 0.255 e. The summed E-state index contributed by atoms with van der Waals surface area (Å²) in [6.45, 7) is 1.87. The van der Waals surface area contributed by atoms with Crippen molar-refractivity contribution < 1.29 is 9.90 Å². The number of halogens is 1. The van der Waals surface area contributed by atoms with Crippen LogP contribution in [0.5, 0.6) is 5.75 Å². The number of hydrogen-bond donors (Lipinski definition) is 2. The molecule has 0 aliphatic heterocycles. The van der Waals surface area contributed by atoms with E-state index in [1.165, 1.54) is 18.3 Å². The van der Waals surface area contributed by atoms with Crippen LogP contribution in [0.3, 0.4) is 0 Å². The van der Waals surface area contributed by atoms with Crippen LogP contribution >= 0.6 is 11.6 Å². The molecule has 0 unspecified atom stereocenters. The third-order valence-corrected chi connectivity index (χ3v) is 2.60. The fraction of sp³-hybridized carbons (Fsp3) is 0.0769. The van der Waals surface area contributed by atoms with Gasteiger partial charge in [-0.25, -0.2) is 4.98 Å². The molecule has 1 aromatic heterocycles. The van der Waals surface area contributed by atoms with Crippen molar-refractivity contribution in [1.82, 2.24) is 4.98 Å². The van der Waals surface area contributed by atoms with Crippen LogP contribution in [0.2, 0.25) is 5.15 Å². The van der Waals surface area contributed by atoms with E-state index in [9.17, 15) is 9.90 Å². The van der Waals surface area contributed by atoms with Crippen molar-refractivity contribution in [2.45, 2.75) is 6.92 Å².